The first kappa shape index (κ1) is 23.4. The van der Waals surface area contributed by atoms with Crippen molar-refractivity contribution in [3.63, 3.8) is 0 Å². The van der Waals surface area contributed by atoms with E-state index in [1.165, 1.54) is 0 Å². The van der Waals surface area contributed by atoms with Crippen molar-refractivity contribution in [2.24, 2.45) is 5.92 Å². The molecule has 0 spiro atoms. The van der Waals surface area contributed by atoms with Crippen LogP contribution in [0.2, 0.25) is 0 Å². The Morgan fingerprint density at radius 3 is 1.79 bits per heavy atom. The molecule has 0 heterocycles. The van der Waals surface area contributed by atoms with Crippen molar-refractivity contribution in [2.45, 2.75) is 68.9 Å². The molecule has 0 saturated heterocycles. The van der Waals surface area contributed by atoms with Crippen LogP contribution in [0.3, 0.4) is 0 Å². The summed E-state index contributed by atoms with van der Waals surface area (Å²) in [5.74, 6) is -0.0748. The Labute approximate surface area is 91.0 Å². The quantitative estimate of drug-likeness (QED) is 0.630. The molecule has 0 saturated carbocycles. The molecule has 0 bridgehead atoms. The smallest absolute Gasteiger partial charge is 0.309 e. The largest absolute Gasteiger partial charge is 0.460 e. The van der Waals surface area contributed by atoms with E-state index in [2.05, 4.69) is 0 Å². The minimum Gasteiger partial charge on any atom is -0.460 e. The highest BCUT2D eigenvalue weighted by Gasteiger charge is 2.19. The molecule has 0 aromatic rings. The lowest BCUT2D eigenvalue weighted by Gasteiger charge is -2.21. The molecule has 90 valence electrons. The van der Waals surface area contributed by atoms with Gasteiger partial charge in [0.05, 0.1) is 5.92 Å². The van der Waals surface area contributed by atoms with Crippen molar-refractivity contribution >= 4 is 5.97 Å². The summed E-state index contributed by atoms with van der Waals surface area (Å²) in [4.78, 5) is 11.2. The predicted octanol–water partition coefficient (Wildman–Crippen LogP) is 4.28. The molecule has 2 heteroatoms. The third-order valence-corrected chi connectivity index (χ3v) is 1.42. The van der Waals surface area contributed by atoms with Crippen LogP contribution in [0, 0.1) is 5.92 Å². The van der Waals surface area contributed by atoms with E-state index in [0.717, 1.165) is 6.42 Å². The van der Waals surface area contributed by atoms with E-state index in [1.54, 1.807) is 0 Å². The number of ether oxygens (including phenoxy) is 1. The molecule has 1 unspecified atom stereocenters. The summed E-state index contributed by atoms with van der Waals surface area (Å²) in [5.41, 5.74) is -0.347. The first-order valence-corrected chi connectivity index (χ1v) is 4.09. The van der Waals surface area contributed by atoms with Crippen LogP contribution in [-0.4, -0.2) is 11.6 Å². The minimum atomic E-state index is -0.347. The fourth-order valence-electron chi connectivity index (χ4n) is 0.569. The van der Waals surface area contributed by atoms with Crippen LogP contribution in [0.4, 0.5) is 0 Å². The zero-order valence-corrected chi connectivity index (χ0v) is 8.10. The lowest BCUT2D eigenvalue weighted by Crippen LogP contribution is -2.27. The van der Waals surface area contributed by atoms with Crippen LogP contribution in [0.15, 0.2) is 0 Å². The minimum absolute atomic E-state index is 0. The molecule has 0 amide bonds. The van der Waals surface area contributed by atoms with E-state index in [-0.39, 0.29) is 39.8 Å². The highest BCUT2D eigenvalue weighted by Crippen LogP contribution is 2.12. The van der Waals surface area contributed by atoms with Gasteiger partial charge in [-0.25, -0.2) is 0 Å². The Bertz CT molecular complexity index is 134. The van der Waals surface area contributed by atoms with Crippen molar-refractivity contribution in [1.29, 1.82) is 0 Å². The van der Waals surface area contributed by atoms with Gasteiger partial charge in [0.15, 0.2) is 0 Å². The first-order chi connectivity index (χ1) is 4.87. The number of hydrogen-bond donors (Lipinski definition) is 0. The van der Waals surface area contributed by atoms with Crippen molar-refractivity contribution in [3.05, 3.63) is 0 Å². The van der Waals surface area contributed by atoms with Gasteiger partial charge >= 0.3 is 5.97 Å². The lowest BCUT2D eigenvalue weighted by atomic mass is 10.1. The highest BCUT2D eigenvalue weighted by atomic mass is 16.6. The van der Waals surface area contributed by atoms with Crippen LogP contribution in [0.25, 0.3) is 0 Å². The molecular weight excluding hydrogens is 176 g/mol. The molecule has 0 aliphatic carbocycles. The number of rotatable bonds is 2. The average molecular weight is 206 g/mol. The summed E-state index contributed by atoms with van der Waals surface area (Å²) >= 11 is 0. The van der Waals surface area contributed by atoms with E-state index in [4.69, 9.17) is 4.74 Å². The van der Waals surface area contributed by atoms with Crippen molar-refractivity contribution < 1.29 is 9.53 Å². The van der Waals surface area contributed by atoms with Crippen molar-refractivity contribution in [3.8, 4) is 0 Å². The third-order valence-electron chi connectivity index (χ3n) is 1.42. The van der Waals surface area contributed by atoms with Crippen LogP contribution in [0.1, 0.15) is 63.3 Å². The molecule has 0 fully saturated rings. The predicted molar refractivity (Wildman–Crippen MR) is 65.5 cm³/mol. The average Bonchev–Trinajstić information content (AvgIpc) is 1.82. The summed E-state index contributed by atoms with van der Waals surface area (Å²) in [6.07, 6.45) is 0.842. The Hall–Kier alpha value is -0.530. The van der Waals surface area contributed by atoms with Crippen molar-refractivity contribution in [1.82, 2.24) is 0 Å². The zero-order valence-electron chi connectivity index (χ0n) is 8.10. The van der Waals surface area contributed by atoms with E-state index in [9.17, 15) is 4.79 Å². The first-order valence-electron chi connectivity index (χ1n) is 4.09. The number of hydrogen-bond acceptors (Lipinski definition) is 2. The van der Waals surface area contributed by atoms with Gasteiger partial charge in [0, 0.05) is 0 Å². The molecule has 0 radical (unpaired) electrons. The summed E-state index contributed by atoms with van der Waals surface area (Å²) in [5, 5.41) is 0. The molecule has 2 nitrogen and oxygen atoms in total. The summed E-state index contributed by atoms with van der Waals surface area (Å²) in [7, 11) is 0. The number of esters is 1. The Kier molecular flexibility index (Phi) is 15.1. The monoisotopic (exact) mass is 206 g/mol. The van der Waals surface area contributed by atoms with Crippen molar-refractivity contribution in [2.75, 3.05) is 0 Å². The van der Waals surface area contributed by atoms with E-state index < -0.39 is 0 Å². The number of carbonyl (C=O) groups excluding carboxylic acids is 1. The van der Waals surface area contributed by atoms with Gasteiger partial charge in [-0.05, 0) is 27.2 Å². The van der Waals surface area contributed by atoms with Gasteiger partial charge in [-0.1, -0.05) is 36.1 Å². The van der Waals surface area contributed by atoms with Crippen LogP contribution in [-0.2, 0) is 9.53 Å². The summed E-state index contributed by atoms with van der Waals surface area (Å²) < 4.78 is 5.15. The van der Waals surface area contributed by atoms with Crippen LogP contribution >= 0.6 is 0 Å². The summed E-state index contributed by atoms with van der Waals surface area (Å²) in [6.45, 7) is 9.51. The third kappa shape index (κ3) is 11.5. The normalized spacial score (nSPS) is 11.2. The molecular formula is C12H30O2. The maximum absolute atomic E-state index is 11.2. The fraction of sp³-hybridized carbons (Fsp3) is 0.917. The Morgan fingerprint density at radius 1 is 1.21 bits per heavy atom. The Morgan fingerprint density at radius 2 is 1.57 bits per heavy atom. The number of carbonyl (C=O) groups is 1. The van der Waals surface area contributed by atoms with Gasteiger partial charge in [-0.3, -0.25) is 4.79 Å². The Balaban J connectivity index is -0.000000167. The van der Waals surface area contributed by atoms with E-state index in [0.29, 0.717) is 0 Å². The second-order valence-electron chi connectivity index (χ2n) is 3.84. The maximum atomic E-state index is 11.2. The van der Waals surface area contributed by atoms with Gasteiger partial charge in [0.1, 0.15) is 5.60 Å². The molecule has 0 aliphatic rings. The molecule has 0 aliphatic heterocycles. The lowest BCUT2D eigenvalue weighted by molar-refractivity contribution is -0.159. The topological polar surface area (TPSA) is 26.3 Å². The second kappa shape index (κ2) is 9.04. The molecule has 0 rings (SSSR count). The highest BCUT2D eigenvalue weighted by molar-refractivity contribution is 5.72. The molecule has 0 aromatic heterocycles. The van der Waals surface area contributed by atoms with E-state index >= 15 is 0 Å². The van der Waals surface area contributed by atoms with E-state index in [1.807, 2.05) is 34.6 Å². The molecule has 14 heavy (non-hydrogen) atoms. The molecule has 1 atom stereocenters. The molecule has 0 aromatic carbocycles. The zero-order chi connectivity index (χ0) is 9.07. The molecule has 0 N–H and O–H groups in total. The van der Waals surface area contributed by atoms with Gasteiger partial charge in [0.25, 0.3) is 0 Å². The van der Waals surface area contributed by atoms with Gasteiger partial charge in [-0.15, -0.1) is 0 Å². The second-order valence-corrected chi connectivity index (χ2v) is 3.84. The van der Waals surface area contributed by atoms with Crippen LogP contribution in [0.5, 0.6) is 0 Å². The van der Waals surface area contributed by atoms with Gasteiger partial charge in [-0.2, -0.15) is 0 Å². The van der Waals surface area contributed by atoms with Gasteiger partial charge < -0.3 is 4.74 Å². The van der Waals surface area contributed by atoms with Gasteiger partial charge in [0.2, 0.25) is 0 Å². The fourth-order valence-corrected chi connectivity index (χ4v) is 0.569. The maximum Gasteiger partial charge on any atom is 0.309 e. The SMILES string of the molecule is C.C.C.CCC(C)C(=O)OC(C)(C)C. The standard InChI is InChI=1S/C9H18O2.3CH4/c1-6-7(2)8(10)11-9(3,4)5;;;/h7H,6H2,1-5H3;3*1H4. The summed E-state index contributed by atoms with van der Waals surface area (Å²) in [6, 6.07) is 0. The van der Waals surface area contributed by atoms with Crippen LogP contribution < -0.4 is 0 Å².